The summed E-state index contributed by atoms with van der Waals surface area (Å²) >= 11 is 1.53. The lowest BCUT2D eigenvalue weighted by Crippen LogP contribution is -2.45. The molecule has 0 saturated carbocycles. The van der Waals surface area contributed by atoms with Gasteiger partial charge >= 0.3 is 5.97 Å². The summed E-state index contributed by atoms with van der Waals surface area (Å²) in [6.07, 6.45) is 0.648. The minimum absolute atomic E-state index is 0.0406. The number of carboxylic acid groups (broad SMARTS) is 1. The molecule has 1 unspecified atom stereocenters. The predicted molar refractivity (Wildman–Crippen MR) is 55.0 cm³/mol. The molecule has 1 heterocycles. The SMILES string of the molecule is CC(C)(C)C1SC[C@H](C(=O)O)N1C=O. The third-order valence-electron chi connectivity index (χ3n) is 2.19. The molecule has 1 aliphatic rings. The summed E-state index contributed by atoms with van der Waals surface area (Å²) in [5, 5.41) is 8.84. The number of carboxylic acids is 1. The summed E-state index contributed by atoms with van der Waals surface area (Å²) < 4.78 is 0. The number of hydrogen-bond acceptors (Lipinski definition) is 3. The lowest BCUT2D eigenvalue weighted by molar-refractivity contribution is -0.145. The van der Waals surface area contributed by atoms with E-state index >= 15 is 0 Å². The number of amides is 1. The highest BCUT2D eigenvalue weighted by Crippen LogP contribution is 2.39. The minimum Gasteiger partial charge on any atom is -0.480 e. The molecule has 0 aromatic heterocycles. The number of nitrogens with zero attached hydrogens (tertiary/aromatic N) is 1. The van der Waals surface area contributed by atoms with Crippen molar-refractivity contribution in [1.82, 2.24) is 4.90 Å². The van der Waals surface area contributed by atoms with Gasteiger partial charge in [0.05, 0.1) is 5.37 Å². The van der Waals surface area contributed by atoms with Crippen molar-refractivity contribution >= 4 is 24.1 Å². The molecule has 5 heteroatoms. The lowest BCUT2D eigenvalue weighted by Gasteiger charge is -2.32. The molecule has 1 N–H and O–H groups in total. The third-order valence-corrected chi connectivity index (χ3v) is 3.96. The van der Waals surface area contributed by atoms with Gasteiger partial charge in [-0.1, -0.05) is 20.8 Å². The van der Waals surface area contributed by atoms with E-state index in [0.717, 1.165) is 0 Å². The van der Waals surface area contributed by atoms with Gasteiger partial charge in [0.2, 0.25) is 6.41 Å². The topological polar surface area (TPSA) is 57.6 Å². The second-order valence-corrected chi connectivity index (χ2v) is 5.57. The normalized spacial score (nSPS) is 27.8. The maximum Gasteiger partial charge on any atom is 0.327 e. The van der Waals surface area contributed by atoms with Crippen LogP contribution in [0, 0.1) is 5.41 Å². The van der Waals surface area contributed by atoms with Gasteiger partial charge in [-0.2, -0.15) is 0 Å². The Morgan fingerprint density at radius 3 is 2.50 bits per heavy atom. The van der Waals surface area contributed by atoms with E-state index in [1.54, 1.807) is 0 Å². The van der Waals surface area contributed by atoms with E-state index in [1.165, 1.54) is 16.7 Å². The fraction of sp³-hybridized carbons (Fsp3) is 0.778. The third kappa shape index (κ3) is 2.03. The van der Waals surface area contributed by atoms with Crippen LogP contribution >= 0.6 is 11.8 Å². The number of carbonyl (C=O) groups excluding carboxylic acids is 1. The summed E-state index contributed by atoms with van der Waals surface area (Å²) in [6, 6.07) is -0.665. The zero-order chi connectivity index (χ0) is 10.9. The second-order valence-electron chi connectivity index (χ2n) is 4.46. The van der Waals surface area contributed by atoms with Crippen LogP contribution in [0.4, 0.5) is 0 Å². The molecule has 1 saturated heterocycles. The van der Waals surface area contributed by atoms with Crippen LogP contribution in [0.15, 0.2) is 0 Å². The van der Waals surface area contributed by atoms with Gasteiger partial charge in [-0.05, 0) is 5.41 Å². The van der Waals surface area contributed by atoms with Crippen molar-refractivity contribution in [2.24, 2.45) is 5.41 Å². The van der Waals surface area contributed by atoms with Gasteiger partial charge in [-0.15, -0.1) is 11.8 Å². The van der Waals surface area contributed by atoms with E-state index in [9.17, 15) is 9.59 Å². The van der Waals surface area contributed by atoms with E-state index in [0.29, 0.717) is 12.2 Å². The van der Waals surface area contributed by atoms with Gasteiger partial charge in [0.15, 0.2) is 0 Å². The summed E-state index contributed by atoms with van der Waals surface area (Å²) in [5.41, 5.74) is -0.0875. The molecule has 14 heavy (non-hydrogen) atoms. The van der Waals surface area contributed by atoms with Crippen molar-refractivity contribution in [3.8, 4) is 0 Å². The van der Waals surface area contributed by atoms with Gasteiger partial charge < -0.3 is 10.0 Å². The molecule has 0 spiro atoms. The molecule has 0 aromatic rings. The van der Waals surface area contributed by atoms with Gasteiger partial charge in [-0.25, -0.2) is 4.79 Å². The maximum absolute atomic E-state index is 10.8. The van der Waals surface area contributed by atoms with Crippen molar-refractivity contribution in [2.75, 3.05) is 5.75 Å². The first-order valence-electron chi connectivity index (χ1n) is 4.45. The van der Waals surface area contributed by atoms with E-state index < -0.39 is 12.0 Å². The minimum atomic E-state index is -0.920. The monoisotopic (exact) mass is 217 g/mol. The Kier molecular flexibility index (Phi) is 3.09. The van der Waals surface area contributed by atoms with Crippen molar-refractivity contribution in [3.05, 3.63) is 0 Å². The summed E-state index contributed by atoms with van der Waals surface area (Å²) in [5.74, 6) is -0.438. The Hall–Kier alpha value is -0.710. The van der Waals surface area contributed by atoms with Gasteiger partial charge in [0.1, 0.15) is 6.04 Å². The van der Waals surface area contributed by atoms with Crippen LogP contribution in [0.5, 0.6) is 0 Å². The fourth-order valence-corrected chi connectivity index (χ4v) is 3.09. The molecule has 0 aromatic carbocycles. The molecule has 2 atom stereocenters. The number of rotatable bonds is 2. The number of aliphatic carboxylic acids is 1. The lowest BCUT2D eigenvalue weighted by atomic mass is 9.95. The van der Waals surface area contributed by atoms with Crippen LogP contribution in [0.25, 0.3) is 0 Å². The summed E-state index contributed by atoms with van der Waals surface area (Å²) in [7, 11) is 0. The molecule has 0 bridgehead atoms. The van der Waals surface area contributed by atoms with Gasteiger partial charge in [0.25, 0.3) is 0 Å². The van der Waals surface area contributed by atoms with Crippen molar-refractivity contribution in [2.45, 2.75) is 32.2 Å². The van der Waals surface area contributed by atoms with Crippen LogP contribution in [0.1, 0.15) is 20.8 Å². The van der Waals surface area contributed by atoms with E-state index in [4.69, 9.17) is 5.11 Å². The Bertz CT molecular complexity index is 249. The number of carbonyl (C=O) groups is 2. The Balaban J connectivity index is 2.84. The van der Waals surface area contributed by atoms with Gasteiger partial charge in [-0.3, -0.25) is 4.79 Å². The van der Waals surface area contributed by atoms with Crippen molar-refractivity contribution in [3.63, 3.8) is 0 Å². The van der Waals surface area contributed by atoms with E-state index in [1.807, 2.05) is 20.8 Å². The molecule has 4 nitrogen and oxygen atoms in total. The van der Waals surface area contributed by atoms with Crippen molar-refractivity contribution < 1.29 is 14.7 Å². The smallest absolute Gasteiger partial charge is 0.327 e. The zero-order valence-corrected chi connectivity index (χ0v) is 9.37. The largest absolute Gasteiger partial charge is 0.480 e. The van der Waals surface area contributed by atoms with Crippen LogP contribution in [-0.4, -0.2) is 39.6 Å². The summed E-state index contributed by atoms with van der Waals surface area (Å²) in [6.45, 7) is 6.02. The molecule has 80 valence electrons. The molecule has 1 aliphatic heterocycles. The molecule has 1 fully saturated rings. The predicted octanol–water partition coefficient (Wildman–Crippen LogP) is 1.02. The molecule has 0 radical (unpaired) electrons. The first kappa shape index (κ1) is 11.4. The molecule has 1 rings (SSSR count). The Morgan fingerprint density at radius 2 is 2.14 bits per heavy atom. The molecule has 0 aliphatic carbocycles. The fourth-order valence-electron chi connectivity index (χ4n) is 1.54. The average Bonchev–Trinajstić information content (AvgIpc) is 2.45. The number of thioether (sulfide) groups is 1. The van der Waals surface area contributed by atoms with E-state index in [-0.39, 0.29) is 10.8 Å². The van der Waals surface area contributed by atoms with Crippen LogP contribution in [0.3, 0.4) is 0 Å². The zero-order valence-electron chi connectivity index (χ0n) is 8.56. The van der Waals surface area contributed by atoms with Gasteiger partial charge in [0, 0.05) is 5.75 Å². The highest BCUT2D eigenvalue weighted by atomic mass is 32.2. The number of hydrogen-bond donors (Lipinski definition) is 1. The Labute approximate surface area is 87.7 Å². The molecular formula is C9H15NO3S. The summed E-state index contributed by atoms with van der Waals surface area (Å²) in [4.78, 5) is 23.1. The average molecular weight is 217 g/mol. The maximum atomic E-state index is 10.8. The van der Waals surface area contributed by atoms with Crippen LogP contribution in [0.2, 0.25) is 0 Å². The van der Waals surface area contributed by atoms with E-state index in [2.05, 4.69) is 0 Å². The first-order chi connectivity index (χ1) is 6.38. The second kappa shape index (κ2) is 3.81. The first-order valence-corrected chi connectivity index (χ1v) is 5.50. The van der Waals surface area contributed by atoms with Crippen LogP contribution < -0.4 is 0 Å². The molecule has 1 amide bonds. The Morgan fingerprint density at radius 1 is 1.57 bits per heavy atom. The van der Waals surface area contributed by atoms with Crippen LogP contribution in [-0.2, 0) is 9.59 Å². The highest BCUT2D eigenvalue weighted by Gasteiger charge is 2.43. The molecular weight excluding hydrogens is 202 g/mol. The van der Waals surface area contributed by atoms with Crippen molar-refractivity contribution in [1.29, 1.82) is 0 Å². The quantitative estimate of drug-likeness (QED) is 0.701. The highest BCUT2D eigenvalue weighted by molar-refractivity contribution is 8.00. The standard InChI is InChI=1S/C9H15NO3S/c1-9(2,3)8-10(5-11)6(4-14-8)7(12)13/h5-6,8H,4H2,1-3H3,(H,12,13)/t6-,8?/m1/s1.